The standard InChI is InChI=1S/C24H23Br2NO6S/c1-4-31-19-10-16(9-18(26)22(19)32-13-15-5-7-17(25)8-6-15)11-20-23(29)27(24(30)34-20)12-21(28)33-14(2)3/h5-11,14H,4,12-13H2,1-3H3/b20-11+. The molecule has 1 aliphatic heterocycles. The van der Waals surface area contributed by atoms with Gasteiger partial charge in [-0.3, -0.25) is 19.3 Å². The lowest BCUT2D eigenvalue weighted by atomic mass is 10.1. The van der Waals surface area contributed by atoms with Gasteiger partial charge in [0.25, 0.3) is 11.1 Å². The van der Waals surface area contributed by atoms with Gasteiger partial charge in [-0.25, -0.2) is 0 Å². The monoisotopic (exact) mass is 611 g/mol. The summed E-state index contributed by atoms with van der Waals surface area (Å²) in [6.45, 7) is 5.60. The normalized spacial score (nSPS) is 14.8. The van der Waals surface area contributed by atoms with E-state index in [0.29, 0.717) is 34.7 Å². The number of nitrogens with zero attached hydrogens (tertiary/aromatic N) is 1. The van der Waals surface area contributed by atoms with Crippen molar-refractivity contribution in [2.45, 2.75) is 33.5 Å². The molecule has 2 amide bonds. The number of halogens is 2. The van der Waals surface area contributed by atoms with Crippen LogP contribution in [0.15, 0.2) is 50.2 Å². The summed E-state index contributed by atoms with van der Waals surface area (Å²) in [6, 6.07) is 11.3. The molecular formula is C24H23Br2NO6S. The van der Waals surface area contributed by atoms with Crippen molar-refractivity contribution in [2.75, 3.05) is 13.2 Å². The molecule has 1 heterocycles. The number of thioether (sulfide) groups is 1. The summed E-state index contributed by atoms with van der Waals surface area (Å²) >= 11 is 7.71. The fourth-order valence-electron chi connectivity index (χ4n) is 3.03. The lowest BCUT2D eigenvalue weighted by molar-refractivity contribution is -0.149. The number of esters is 1. The molecule has 1 saturated heterocycles. The Hall–Kier alpha value is -2.30. The molecule has 0 atom stereocenters. The number of amides is 2. The minimum Gasteiger partial charge on any atom is -0.490 e. The van der Waals surface area contributed by atoms with Crippen LogP contribution in [-0.2, 0) is 20.9 Å². The van der Waals surface area contributed by atoms with E-state index >= 15 is 0 Å². The van der Waals surface area contributed by atoms with Crippen LogP contribution in [0.3, 0.4) is 0 Å². The third-order valence-corrected chi connectivity index (χ3v) is 6.48. The summed E-state index contributed by atoms with van der Waals surface area (Å²) < 4.78 is 18.4. The Morgan fingerprint density at radius 3 is 2.47 bits per heavy atom. The lowest BCUT2D eigenvalue weighted by Crippen LogP contribution is -2.35. The molecule has 10 heteroatoms. The maximum absolute atomic E-state index is 12.7. The first-order valence-corrected chi connectivity index (χ1v) is 12.9. The average Bonchev–Trinajstić information content (AvgIpc) is 3.01. The van der Waals surface area contributed by atoms with Gasteiger partial charge in [-0.15, -0.1) is 0 Å². The summed E-state index contributed by atoms with van der Waals surface area (Å²) in [4.78, 5) is 38.0. The number of hydrogen-bond donors (Lipinski definition) is 0. The van der Waals surface area contributed by atoms with Gasteiger partial charge in [-0.2, -0.15) is 0 Å². The Balaban J connectivity index is 1.80. The summed E-state index contributed by atoms with van der Waals surface area (Å²) in [7, 11) is 0. The highest BCUT2D eigenvalue weighted by Gasteiger charge is 2.36. The Kier molecular flexibility index (Phi) is 9.21. The van der Waals surface area contributed by atoms with Gasteiger partial charge in [0.1, 0.15) is 13.2 Å². The van der Waals surface area contributed by atoms with Crippen molar-refractivity contribution < 1.29 is 28.6 Å². The smallest absolute Gasteiger partial charge is 0.326 e. The van der Waals surface area contributed by atoms with Gasteiger partial charge in [0.15, 0.2) is 11.5 Å². The van der Waals surface area contributed by atoms with Crippen LogP contribution >= 0.6 is 43.6 Å². The molecule has 0 unspecified atom stereocenters. The van der Waals surface area contributed by atoms with Crippen LogP contribution in [-0.4, -0.2) is 41.3 Å². The maximum Gasteiger partial charge on any atom is 0.326 e. The highest BCUT2D eigenvalue weighted by atomic mass is 79.9. The molecule has 0 saturated carbocycles. The minimum absolute atomic E-state index is 0.209. The quantitative estimate of drug-likeness (QED) is 0.247. The first-order valence-electron chi connectivity index (χ1n) is 10.5. The van der Waals surface area contributed by atoms with Gasteiger partial charge >= 0.3 is 5.97 Å². The van der Waals surface area contributed by atoms with Crippen LogP contribution in [0.2, 0.25) is 0 Å². The average molecular weight is 613 g/mol. The van der Waals surface area contributed by atoms with Crippen LogP contribution in [0.25, 0.3) is 6.08 Å². The van der Waals surface area contributed by atoms with E-state index < -0.39 is 23.7 Å². The summed E-state index contributed by atoms with van der Waals surface area (Å²) in [5, 5.41) is -0.518. The summed E-state index contributed by atoms with van der Waals surface area (Å²) in [5.41, 5.74) is 1.63. The van der Waals surface area contributed by atoms with Crippen LogP contribution in [0.1, 0.15) is 31.9 Å². The van der Waals surface area contributed by atoms with E-state index in [1.807, 2.05) is 31.2 Å². The second-order valence-corrected chi connectivity index (χ2v) is 10.2. The first kappa shape index (κ1) is 26.3. The Bertz CT molecular complexity index is 1120. The number of carbonyl (C=O) groups excluding carboxylic acids is 3. The predicted molar refractivity (Wildman–Crippen MR) is 138 cm³/mol. The van der Waals surface area contributed by atoms with E-state index in [1.54, 1.807) is 32.1 Å². The van der Waals surface area contributed by atoms with E-state index in [-0.39, 0.29) is 11.0 Å². The van der Waals surface area contributed by atoms with Gasteiger partial charge in [-0.05, 0) is 89.9 Å². The third kappa shape index (κ3) is 6.86. The summed E-state index contributed by atoms with van der Waals surface area (Å²) in [6.07, 6.45) is 1.26. The largest absolute Gasteiger partial charge is 0.490 e. The Morgan fingerprint density at radius 2 is 1.82 bits per heavy atom. The zero-order chi connectivity index (χ0) is 24.8. The molecule has 2 aromatic carbocycles. The number of hydrogen-bond acceptors (Lipinski definition) is 7. The summed E-state index contributed by atoms with van der Waals surface area (Å²) in [5.74, 6) is -0.140. The Morgan fingerprint density at radius 1 is 1.12 bits per heavy atom. The zero-order valence-corrected chi connectivity index (χ0v) is 22.8. The van der Waals surface area contributed by atoms with E-state index in [9.17, 15) is 14.4 Å². The predicted octanol–water partition coefficient (Wildman–Crippen LogP) is 6.18. The van der Waals surface area contributed by atoms with Crippen molar-refractivity contribution in [3.8, 4) is 11.5 Å². The van der Waals surface area contributed by atoms with Gasteiger partial charge < -0.3 is 14.2 Å². The number of benzene rings is 2. The van der Waals surface area contributed by atoms with Gasteiger partial charge in [0, 0.05) is 4.47 Å². The number of imide groups is 1. The fraction of sp³-hybridized carbons (Fsp3) is 0.292. The topological polar surface area (TPSA) is 82.1 Å². The number of ether oxygens (including phenoxy) is 3. The third-order valence-electron chi connectivity index (χ3n) is 4.45. The van der Waals surface area contributed by atoms with E-state index in [1.165, 1.54) is 0 Å². The van der Waals surface area contributed by atoms with E-state index in [4.69, 9.17) is 14.2 Å². The molecule has 0 spiro atoms. The van der Waals surface area contributed by atoms with Crippen molar-refractivity contribution >= 4 is 66.8 Å². The van der Waals surface area contributed by atoms with Crippen LogP contribution in [0, 0.1) is 0 Å². The van der Waals surface area contributed by atoms with Crippen molar-refractivity contribution in [1.29, 1.82) is 0 Å². The van der Waals surface area contributed by atoms with Crippen molar-refractivity contribution in [3.05, 3.63) is 61.4 Å². The van der Waals surface area contributed by atoms with Crippen LogP contribution in [0.5, 0.6) is 11.5 Å². The molecular weight excluding hydrogens is 590 g/mol. The molecule has 0 N–H and O–H groups in total. The molecule has 180 valence electrons. The van der Waals surface area contributed by atoms with Gasteiger partial charge in [0.05, 0.1) is 22.1 Å². The second kappa shape index (κ2) is 11.9. The van der Waals surface area contributed by atoms with E-state index in [0.717, 1.165) is 26.7 Å². The lowest BCUT2D eigenvalue weighted by Gasteiger charge is -2.15. The molecule has 1 fully saturated rings. The van der Waals surface area contributed by atoms with Crippen LogP contribution in [0.4, 0.5) is 4.79 Å². The van der Waals surface area contributed by atoms with Crippen molar-refractivity contribution in [1.82, 2.24) is 4.90 Å². The van der Waals surface area contributed by atoms with Gasteiger partial charge in [-0.1, -0.05) is 28.1 Å². The number of rotatable bonds is 9. The van der Waals surface area contributed by atoms with Crippen molar-refractivity contribution in [2.24, 2.45) is 0 Å². The van der Waals surface area contributed by atoms with Crippen LogP contribution < -0.4 is 9.47 Å². The van der Waals surface area contributed by atoms with Crippen molar-refractivity contribution in [3.63, 3.8) is 0 Å². The van der Waals surface area contributed by atoms with E-state index in [2.05, 4.69) is 31.9 Å². The molecule has 34 heavy (non-hydrogen) atoms. The van der Waals surface area contributed by atoms with Gasteiger partial charge in [0.2, 0.25) is 0 Å². The molecule has 0 bridgehead atoms. The minimum atomic E-state index is -0.632. The fourth-order valence-corrected chi connectivity index (χ4v) is 4.70. The molecule has 1 aliphatic rings. The zero-order valence-electron chi connectivity index (χ0n) is 18.8. The molecule has 0 radical (unpaired) electrons. The highest BCUT2D eigenvalue weighted by molar-refractivity contribution is 9.10. The first-order chi connectivity index (χ1) is 16.2. The molecule has 7 nitrogen and oxygen atoms in total. The number of carbonyl (C=O) groups is 3. The SMILES string of the molecule is CCOc1cc(/C=C2/SC(=O)N(CC(=O)OC(C)C)C2=O)cc(Br)c1OCc1ccc(Br)cc1. The Labute approximate surface area is 219 Å². The molecule has 3 rings (SSSR count). The highest BCUT2D eigenvalue weighted by Crippen LogP contribution is 2.39. The second-order valence-electron chi connectivity index (χ2n) is 7.48. The molecule has 0 aliphatic carbocycles. The maximum atomic E-state index is 12.7. The molecule has 2 aromatic rings. The molecule has 0 aromatic heterocycles.